The molecule has 1 heterocycles. The molecule has 0 aliphatic heterocycles. The van der Waals surface area contributed by atoms with Gasteiger partial charge in [-0.25, -0.2) is 4.79 Å². The topological polar surface area (TPSA) is 39.2 Å². The highest BCUT2D eigenvalue weighted by Crippen LogP contribution is 2.00. The maximum absolute atomic E-state index is 10.9. The number of pyridine rings is 1. The third-order valence-electron chi connectivity index (χ3n) is 1.61. The van der Waals surface area contributed by atoms with Gasteiger partial charge in [0.1, 0.15) is 0 Å². The predicted molar refractivity (Wildman–Crippen MR) is 54.6 cm³/mol. The summed E-state index contributed by atoms with van der Waals surface area (Å²) < 4.78 is 4.73. The molecule has 0 bridgehead atoms. The molecule has 0 aliphatic rings. The van der Waals surface area contributed by atoms with Crippen molar-refractivity contribution < 1.29 is 9.53 Å². The fourth-order valence-electron chi connectivity index (χ4n) is 0.922. The van der Waals surface area contributed by atoms with Gasteiger partial charge in [-0.1, -0.05) is 6.07 Å². The molecule has 1 rings (SSSR count). The smallest absolute Gasteiger partial charge is 0.330 e. The van der Waals surface area contributed by atoms with Gasteiger partial charge < -0.3 is 4.74 Å². The Balaban J connectivity index is 2.60. The standard InChI is InChI=1S/C11H13NO2/c1-3-14-11(13)7-6-10-5-4-9(2)8-12-10/h4-8H,3H2,1-2H3/b7-6-. The van der Waals surface area contributed by atoms with Crippen LogP contribution in [0.25, 0.3) is 6.08 Å². The summed E-state index contributed by atoms with van der Waals surface area (Å²) in [5, 5.41) is 0. The van der Waals surface area contributed by atoms with Crippen LogP contribution in [0.3, 0.4) is 0 Å². The van der Waals surface area contributed by atoms with Crippen molar-refractivity contribution in [3.63, 3.8) is 0 Å². The predicted octanol–water partition coefficient (Wildman–Crippen LogP) is 1.97. The molecule has 0 fully saturated rings. The van der Waals surface area contributed by atoms with Crippen molar-refractivity contribution in [1.29, 1.82) is 0 Å². The zero-order chi connectivity index (χ0) is 10.4. The van der Waals surface area contributed by atoms with E-state index in [1.165, 1.54) is 6.08 Å². The number of hydrogen-bond acceptors (Lipinski definition) is 3. The average Bonchev–Trinajstić information content (AvgIpc) is 2.17. The molecule has 0 spiro atoms. The maximum Gasteiger partial charge on any atom is 0.330 e. The number of aryl methyl sites for hydroxylation is 1. The van der Waals surface area contributed by atoms with Crippen LogP contribution in [0.15, 0.2) is 24.4 Å². The van der Waals surface area contributed by atoms with Crippen LogP contribution < -0.4 is 0 Å². The highest BCUT2D eigenvalue weighted by Gasteiger charge is 1.93. The summed E-state index contributed by atoms with van der Waals surface area (Å²) in [6.45, 7) is 4.13. The molecule has 1 aromatic heterocycles. The largest absolute Gasteiger partial charge is 0.463 e. The number of nitrogens with zero attached hydrogens (tertiary/aromatic N) is 1. The summed E-state index contributed by atoms with van der Waals surface area (Å²) in [7, 11) is 0. The number of carbonyl (C=O) groups excluding carboxylic acids is 1. The molecule has 0 radical (unpaired) electrons. The number of aromatic nitrogens is 1. The summed E-state index contributed by atoms with van der Waals surface area (Å²) in [4.78, 5) is 15.1. The van der Waals surface area contributed by atoms with Crippen molar-refractivity contribution in [2.24, 2.45) is 0 Å². The molecule has 74 valence electrons. The fourth-order valence-corrected chi connectivity index (χ4v) is 0.922. The SMILES string of the molecule is CCOC(=O)/C=C\c1ccc(C)cn1. The minimum Gasteiger partial charge on any atom is -0.463 e. The Kier molecular flexibility index (Phi) is 3.85. The minimum atomic E-state index is -0.338. The fraction of sp³-hybridized carbons (Fsp3) is 0.273. The number of esters is 1. The van der Waals surface area contributed by atoms with E-state index in [1.807, 2.05) is 19.1 Å². The maximum atomic E-state index is 10.9. The highest BCUT2D eigenvalue weighted by molar-refractivity contribution is 5.86. The van der Waals surface area contributed by atoms with Gasteiger partial charge in [0.25, 0.3) is 0 Å². The molecule has 3 nitrogen and oxygen atoms in total. The van der Waals surface area contributed by atoms with Crippen molar-refractivity contribution in [2.75, 3.05) is 6.61 Å². The van der Waals surface area contributed by atoms with Crippen LogP contribution >= 0.6 is 0 Å². The van der Waals surface area contributed by atoms with Gasteiger partial charge in [0.05, 0.1) is 12.3 Å². The van der Waals surface area contributed by atoms with Gasteiger partial charge in [-0.05, 0) is 31.6 Å². The zero-order valence-electron chi connectivity index (χ0n) is 8.36. The molecular formula is C11H13NO2. The lowest BCUT2D eigenvalue weighted by atomic mass is 10.2. The van der Waals surface area contributed by atoms with Crippen molar-refractivity contribution in [3.05, 3.63) is 35.7 Å². The van der Waals surface area contributed by atoms with Crippen molar-refractivity contribution in [2.45, 2.75) is 13.8 Å². The first-order valence-corrected chi connectivity index (χ1v) is 4.50. The Morgan fingerprint density at radius 3 is 2.93 bits per heavy atom. The molecule has 0 amide bonds. The lowest BCUT2D eigenvalue weighted by Crippen LogP contribution is -1.98. The molecule has 0 aromatic carbocycles. The molecule has 0 saturated carbocycles. The molecular weight excluding hydrogens is 178 g/mol. The van der Waals surface area contributed by atoms with Crippen molar-refractivity contribution in [1.82, 2.24) is 4.98 Å². The first-order valence-electron chi connectivity index (χ1n) is 4.50. The van der Waals surface area contributed by atoms with Crippen LogP contribution in [-0.2, 0) is 9.53 Å². The van der Waals surface area contributed by atoms with Gasteiger partial charge in [-0.15, -0.1) is 0 Å². The molecule has 0 unspecified atom stereocenters. The molecule has 0 atom stereocenters. The summed E-state index contributed by atoms with van der Waals surface area (Å²) in [6.07, 6.45) is 4.77. The van der Waals surface area contributed by atoms with E-state index < -0.39 is 0 Å². The monoisotopic (exact) mass is 191 g/mol. The number of carbonyl (C=O) groups is 1. The third-order valence-corrected chi connectivity index (χ3v) is 1.61. The zero-order valence-corrected chi connectivity index (χ0v) is 8.36. The number of rotatable bonds is 3. The van der Waals surface area contributed by atoms with E-state index in [2.05, 4.69) is 4.98 Å². The highest BCUT2D eigenvalue weighted by atomic mass is 16.5. The Hall–Kier alpha value is -1.64. The Morgan fingerprint density at radius 2 is 2.36 bits per heavy atom. The first-order chi connectivity index (χ1) is 6.72. The van der Waals surface area contributed by atoms with Crippen LogP contribution in [0.2, 0.25) is 0 Å². The first kappa shape index (κ1) is 10.4. The van der Waals surface area contributed by atoms with Crippen LogP contribution in [-0.4, -0.2) is 17.6 Å². The van der Waals surface area contributed by atoms with Crippen LogP contribution in [0.5, 0.6) is 0 Å². The van der Waals surface area contributed by atoms with Gasteiger partial charge in [-0.3, -0.25) is 4.98 Å². The molecule has 0 saturated heterocycles. The Morgan fingerprint density at radius 1 is 1.57 bits per heavy atom. The Bertz CT molecular complexity index is 328. The van der Waals surface area contributed by atoms with E-state index in [0.29, 0.717) is 6.61 Å². The molecule has 0 aliphatic carbocycles. The van der Waals surface area contributed by atoms with Gasteiger partial charge in [0.15, 0.2) is 0 Å². The van der Waals surface area contributed by atoms with E-state index >= 15 is 0 Å². The third kappa shape index (κ3) is 3.39. The number of hydrogen-bond donors (Lipinski definition) is 0. The van der Waals surface area contributed by atoms with Crippen molar-refractivity contribution >= 4 is 12.0 Å². The quantitative estimate of drug-likeness (QED) is 0.541. The van der Waals surface area contributed by atoms with E-state index in [9.17, 15) is 4.79 Å². The second-order valence-electron chi connectivity index (χ2n) is 2.85. The molecule has 0 N–H and O–H groups in total. The summed E-state index contributed by atoms with van der Waals surface area (Å²) in [5.41, 5.74) is 1.85. The summed E-state index contributed by atoms with van der Waals surface area (Å²) in [5.74, 6) is -0.338. The van der Waals surface area contributed by atoms with Gasteiger partial charge >= 0.3 is 5.97 Å². The Labute approximate surface area is 83.4 Å². The second-order valence-corrected chi connectivity index (χ2v) is 2.85. The summed E-state index contributed by atoms with van der Waals surface area (Å²) in [6, 6.07) is 3.79. The van der Waals surface area contributed by atoms with E-state index in [1.54, 1.807) is 19.2 Å². The lowest BCUT2D eigenvalue weighted by Gasteiger charge is -1.95. The number of ether oxygens (including phenoxy) is 1. The molecule has 1 aromatic rings. The van der Waals surface area contributed by atoms with Crippen LogP contribution in [0, 0.1) is 6.92 Å². The average molecular weight is 191 g/mol. The van der Waals surface area contributed by atoms with Gasteiger partial charge in [0, 0.05) is 12.3 Å². The molecule has 14 heavy (non-hydrogen) atoms. The van der Waals surface area contributed by atoms with Gasteiger partial charge in [-0.2, -0.15) is 0 Å². The minimum absolute atomic E-state index is 0.338. The van der Waals surface area contributed by atoms with Gasteiger partial charge in [0.2, 0.25) is 0 Å². The van der Waals surface area contributed by atoms with E-state index in [0.717, 1.165) is 11.3 Å². The second kappa shape index (κ2) is 5.17. The summed E-state index contributed by atoms with van der Waals surface area (Å²) >= 11 is 0. The lowest BCUT2D eigenvalue weighted by molar-refractivity contribution is -0.137. The van der Waals surface area contributed by atoms with E-state index in [4.69, 9.17) is 4.74 Å². The normalized spacial score (nSPS) is 10.4. The van der Waals surface area contributed by atoms with E-state index in [-0.39, 0.29) is 5.97 Å². The molecule has 3 heteroatoms. The van der Waals surface area contributed by atoms with Crippen LogP contribution in [0.4, 0.5) is 0 Å². The van der Waals surface area contributed by atoms with Crippen LogP contribution in [0.1, 0.15) is 18.2 Å². The van der Waals surface area contributed by atoms with Crippen molar-refractivity contribution in [3.8, 4) is 0 Å².